The molecule has 3 aliphatic rings. The Bertz CT molecular complexity index is 1190. The van der Waals surface area contributed by atoms with E-state index in [-0.39, 0.29) is 34.3 Å². The highest BCUT2D eigenvalue weighted by atomic mass is 35.5. The van der Waals surface area contributed by atoms with Crippen molar-refractivity contribution in [1.82, 2.24) is 10.6 Å². The molecule has 37 heavy (non-hydrogen) atoms. The third kappa shape index (κ3) is 5.37. The predicted octanol–water partition coefficient (Wildman–Crippen LogP) is 5.16. The van der Waals surface area contributed by atoms with Gasteiger partial charge in [-0.05, 0) is 60.9 Å². The van der Waals surface area contributed by atoms with Gasteiger partial charge in [-0.15, -0.1) is 0 Å². The minimum Gasteiger partial charge on any atom is -0.390 e. The molecule has 0 radical (unpaired) electrons. The van der Waals surface area contributed by atoms with E-state index >= 15 is 4.39 Å². The molecule has 9 heteroatoms. The van der Waals surface area contributed by atoms with Crippen LogP contribution >= 0.6 is 23.2 Å². The third-order valence-electron chi connectivity index (χ3n) is 7.57. The SMILES string of the molecule is CC(C)(C)CC1NCC(c2cccc(Cl)c2F)[C@]12C(=O)Nc1cc(Cl)ccc12.CC1(O)CC(NC=O)C1. The van der Waals surface area contributed by atoms with Gasteiger partial charge in [-0.2, -0.15) is 0 Å². The lowest BCUT2D eigenvalue weighted by Gasteiger charge is -2.40. The van der Waals surface area contributed by atoms with Crippen LogP contribution in [0.3, 0.4) is 0 Å². The summed E-state index contributed by atoms with van der Waals surface area (Å²) in [7, 11) is 0. The fraction of sp³-hybridized carbons (Fsp3) is 0.500. The lowest BCUT2D eigenvalue weighted by atomic mass is 9.64. The molecule has 2 unspecified atom stereocenters. The smallest absolute Gasteiger partial charge is 0.237 e. The summed E-state index contributed by atoms with van der Waals surface area (Å²) in [6.07, 6.45) is 2.82. The van der Waals surface area contributed by atoms with Crippen LogP contribution in [0.25, 0.3) is 0 Å². The second kappa shape index (κ2) is 10.2. The van der Waals surface area contributed by atoms with Crippen molar-refractivity contribution in [1.29, 1.82) is 0 Å². The van der Waals surface area contributed by atoms with E-state index < -0.39 is 16.8 Å². The number of rotatable bonds is 4. The fourth-order valence-corrected chi connectivity index (χ4v) is 6.41. The number of halogens is 3. The van der Waals surface area contributed by atoms with Crippen molar-refractivity contribution in [2.24, 2.45) is 5.41 Å². The van der Waals surface area contributed by atoms with E-state index in [0.29, 0.717) is 42.1 Å². The highest BCUT2D eigenvalue weighted by Gasteiger charge is 2.61. The molecule has 2 aromatic carbocycles. The zero-order valence-electron chi connectivity index (χ0n) is 21.5. The van der Waals surface area contributed by atoms with Gasteiger partial charge in [0.2, 0.25) is 12.3 Å². The second-order valence-electron chi connectivity index (χ2n) is 11.8. The van der Waals surface area contributed by atoms with Crippen molar-refractivity contribution in [2.45, 2.75) is 76.0 Å². The van der Waals surface area contributed by atoms with Gasteiger partial charge in [0.25, 0.3) is 0 Å². The van der Waals surface area contributed by atoms with Gasteiger partial charge in [0.15, 0.2) is 0 Å². The Hall–Kier alpha value is -2.19. The van der Waals surface area contributed by atoms with Crippen LogP contribution in [0.1, 0.15) is 64.0 Å². The van der Waals surface area contributed by atoms with E-state index in [4.69, 9.17) is 28.3 Å². The molecule has 2 heterocycles. The molecule has 1 saturated carbocycles. The summed E-state index contributed by atoms with van der Waals surface area (Å²) in [5, 5.41) is 18.9. The van der Waals surface area contributed by atoms with Crippen molar-refractivity contribution in [3.63, 3.8) is 0 Å². The molecular weight excluding hydrogens is 516 g/mol. The summed E-state index contributed by atoms with van der Waals surface area (Å²) in [4.78, 5) is 23.3. The number of nitrogens with one attached hydrogen (secondary N) is 3. The molecule has 1 aliphatic carbocycles. The first-order valence-corrected chi connectivity index (χ1v) is 13.2. The molecule has 3 atom stereocenters. The topological polar surface area (TPSA) is 90.5 Å². The van der Waals surface area contributed by atoms with Crippen LogP contribution in [0.15, 0.2) is 36.4 Å². The largest absolute Gasteiger partial charge is 0.390 e. The van der Waals surface area contributed by atoms with E-state index in [1.807, 2.05) is 6.07 Å². The van der Waals surface area contributed by atoms with Crippen LogP contribution in [0.5, 0.6) is 0 Å². The fourth-order valence-electron chi connectivity index (χ4n) is 6.05. The Morgan fingerprint density at radius 3 is 2.54 bits per heavy atom. The summed E-state index contributed by atoms with van der Waals surface area (Å²) in [5.74, 6) is -0.948. The molecular formula is C28H34Cl2FN3O3. The van der Waals surface area contributed by atoms with Gasteiger partial charge in [0.05, 0.1) is 16.0 Å². The number of hydrogen-bond acceptors (Lipinski definition) is 4. The van der Waals surface area contributed by atoms with E-state index in [1.165, 1.54) is 6.07 Å². The molecule has 4 N–H and O–H groups in total. The quantitative estimate of drug-likeness (QED) is 0.396. The molecule has 2 amide bonds. The molecule has 0 aromatic heterocycles. The standard InChI is InChI=1S/C22H23Cl2FN2O.C6H11NO2/c1-21(2,3)10-18-22(14-8-7-12(23)9-17(14)27-20(22)28)15(11-26-18)13-5-4-6-16(24)19(13)25;1-6(9)2-5(3-6)7-4-8/h4-9,15,18,26H,10-11H2,1-3H3,(H,27,28);4-5,9H,2-3H2,1H3,(H,7,8)/t15?,18?,22-;/m0./s1. The van der Waals surface area contributed by atoms with Crippen molar-refractivity contribution < 1.29 is 19.1 Å². The van der Waals surface area contributed by atoms with Crippen LogP contribution in [0, 0.1) is 11.2 Å². The highest BCUT2D eigenvalue weighted by molar-refractivity contribution is 6.31. The summed E-state index contributed by atoms with van der Waals surface area (Å²) in [5.41, 5.74) is 0.578. The van der Waals surface area contributed by atoms with Gasteiger partial charge in [0, 0.05) is 35.3 Å². The van der Waals surface area contributed by atoms with Crippen LogP contribution in [-0.4, -0.2) is 41.7 Å². The first-order chi connectivity index (χ1) is 17.3. The Morgan fingerprint density at radius 2 is 1.92 bits per heavy atom. The van der Waals surface area contributed by atoms with Gasteiger partial charge >= 0.3 is 0 Å². The third-order valence-corrected chi connectivity index (χ3v) is 8.10. The van der Waals surface area contributed by atoms with Crippen molar-refractivity contribution in [2.75, 3.05) is 11.9 Å². The lowest BCUT2D eigenvalue weighted by Crippen LogP contribution is -2.51. The highest BCUT2D eigenvalue weighted by Crippen LogP contribution is 2.55. The first kappa shape index (κ1) is 27.8. The number of hydrogen-bond donors (Lipinski definition) is 4. The summed E-state index contributed by atoms with van der Waals surface area (Å²) in [6, 6.07) is 10.5. The maximum Gasteiger partial charge on any atom is 0.237 e. The number of amides is 2. The normalized spacial score (nSPS) is 30.2. The molecule has 2 fully saturated rings. The maximum absolute atomic E-state index is 15.0. The monoisotopic (exact) mass is 549 g/mol. The Labute approximate surface area is 227 Å². The molecule has 0 bridgehead atoms. The first-order valence-electron chi connectivity index (χ1n) is 12.5. The summed E-state index contributed by atoms with van der Waals surface area (Å²) in [6.45, 7) is 8.70. The van der Waals surface area contributed by atoms with Gasteiger partial charge in [-0.3, -0.25) is 9.59 Å². The molecule has 5 rings (SSSR count). The van der Waals surface area contributed by atoms with Crippen molar-refractivity contribution >= 4 is 41.2 Å². The zero-order valence-corrected chi connectivity index (χ0v) is 23.0. The minimum atomic E-state index is -0.918. The van der Waals surface area contributed by atoms with E-state index in [2.05, 4.69) is 36.7 Å². The summed E-state index contributed by atoms with van der Waals surface area (Å²) >= 11 is 12.2. The molecule has 2 aromatic rings. The predicted molar refractivity (Wildman–Crippen MR) is 145 cm³/mol. The molecule has 1 spiro atoms. The average Bonchev–Trinajstić information content (AvgIpc) is 3.27. The Kier molecular flexibility index (Phi) is 7.65. The molecule has 1 saturated heterocycles. The second-order valence-corrected chi connectivity index (χ2v) is 12.7. The number of carbonyl (C=O) groups excluding carboxylic acids is 2. The molecule has 2 aliphatic heterocycles. The number of aliphatic hydroxyl groups is 1. The average molecular weight is 551 g/mol. The van der Waals surface area contributed by atoms with Crippen LogP contribution in [-0.2, 0) is 15.0 Å². The zero-order chi connectivity index (χ0) is 27.2. The number of benzene rings is 2. The number of carbonyl (C=O) groups is 2. The van der Waals surface area contributed by atoms with Crippen LogP contribution < -0.4 is 16.0 Å². The minimum absolute atomic E-state index is 0.0120. The maximum atomic E-state index is 15.0. The van der Waals surface area contributed by atoms with Crippen LogP contribution in [0.4, 0.5) is 10.1 Å². The van der Waals surface area contributed by atoms with E-state index in [1.54, 1.807) is 31.2 Å². The van der Waals surface area contributed by atoms with E-state index in [0.717, 1.165) is 12.0 Å². The Morgan fingerprint density at radius 1 is 1.22 bits per heavy atom. The molecule has 200 valence electrons. The van der Waals surface area contributed by atoms with Crippen molar-refractivity contribution in [3.05, 3.63) is 63.4 Å². The van der Waals surface area contributed by atoms with Gasteiger partial charge in [-0.1, -0.05) is 62.2 Å². The number of fused-ring (bicyclic) bond motifs is 2. The van der Waals surface area contributed by atoms with Crippen molar-refractivity contribution in [3.8, 4) is 0 Å². The van der Waals surface area contributed by atoms with Crippen LogP contribution in [0.2, 0.25) is 10.0 Å². The summed E-state index contributed by atoms with van der Waals surface area (Å²) < 4.78 is 15.0. The van der Waals surface area contributed by atoms with Gasteiger partial charge < -0.3 is 21.1 Å². The van der Waals surface area contributed by atoms with Gasteiger partial charge in [0.1, 0.15) is 5.82 Å². The Balaban J connectivity index is 0.000000301. The molecule has 6 nitrogen and oxygen atoms in total. The van der Waals surface area contributed by atoms with E-state index in [9.17, 15) is 9.59 Å². The van der Waals surface area contributed by atoms with Gasteiger partial charge in [-0.25, -0.2) is 4.39 Å². The number of anilines is 1. The lowest BCUT2D eigenvalue weighted by molar-refractivity contribution is -0.122.